The fraction of sp³-hybridized carbons (Fsp3) is 0.667. The van der Waals surface area contributed by atoms with Crippen molar-refractivity contribution in [2.45, 2.75) is 57.5 Å². The molecule has 110 valence electrons. The van der Waals surface area contributed by atoms with Crippen molar-refractivity contribution in [2.24, 2.45) is 0 Å². The first-order valence-electron chi connectivity index (χ1n) is 8.40. The minimum atomic E-state index is 0.676. The fourth-order valence-electron chi connectivity index (χ4n) is 3.87. The van der Waals surface area contributed by atoms with Gasteiger partial charge in [-0.25, -0.2) is 0 Å². The Morgan fingerprint density at radius 3 is 2.50 bits per heavy atom. The lowest BCUT2D eigenvalue weighted by Gasteiger charge is -2.22. The number of nitrogens with zero attached hydrogens (tertiary/aromatic N) is 1. The molecule has 1 aliphatic heterocycles. The van der Waals surface area contributed by atoms with Gasteiger partial charge in [-0.2, -0.15) is 0 Å². The zero-order chi connectivity index (χ0) is 13.8. The van der Waals surface area contributed by atoms with Gasteiger partial charge in [0, 0.05) is 12.1 Å². The largest absolute Gasteiger partial charge is 0.311 e. The summed E-state index contributed by atoms with van der Waals surface area (Å²) in [6.07, 6.45) is 7.78. The van der Waals surface area contributed by atoms with Crippen molar-refractivity contribution in [1.29, 1.82) is 0 Å². The van der Waals surface area contributed by atoms with Gasteiger partial charge in [0.2, 0.25) is 0 Å². The number of nitrogens with one attached hydrogen (secondary N) is 1. The summed E-state index contributed by atoms with van der Waals surface area (Å²) in [5.74, 6) is 0. The Morgan fingerprint density at radius 2 is 1.80 bits per heavy atom. The Kier molecular flexibility index (Phi) is 4.74. The van der Waals surface area contributed by atoms with E-state index in [1.807, 2.05) is 0 Å². The second kappa shape index (κ2) is 6.73. The Hall–Kier alpha value is -0.860. The summed E-state index contributed by atoms with van der Waals surface area (Å²) in [6, 6.07) is 10.4. The molecule has 1 heterocycles. The van der Waals surface area contributed by atoms with E-state index in [2.05, 4.69) is 41.4 Å². The van der Waals surface area contributed by atoms with Crippen LogP contribution in [-0.2, 0) is 12.8 Å². The maximum absolute atomic E-state index is 3.94. The predicted octanol–water partition coefficient (Wildman–Crippen LogP) is 3.01. The van der Waals surface area contributed by atoms with Crippen molar-refractivity contribution in [3.63, 3.8) is 0 Å². The van der Waals surface area contributed by atoms with Gasteiger partial charge >= 0.3 is 0 Å². The lowest BCUT2D eigenvalue weighted by Crippen LogP contribution is -2.39. The van der Waals surface area contributed by atoms with Crippen LogP contribution in [0.1, 0.15) is 43.7 Å². The smallest absolute Gasteiger partial charge is 0.0151 e. The fourth-order valence-corrected chi connectivity index (χ4v) is 3.87. The highest BCUT2D eigenvalue weighted by Crippen LogP contribution is 2.23. The van der Waals surface area contributed by atoms with E-state index < -0.39 is 0 Å². The molecular weight excluding hydrogens is 244 g/mol. The summed E-state index contributed by atoms with van der Waals surface area (Å²) in [5.41, 5.74) is 3.12. The molecule has 2 nitrogen and oxygen atoms in total. The average Bonchev–Trinajstić information content (AvgIpc) is 2.73. The van der Waals surface area contributed by atoms with E-state index >= 15 is 0 Å². The molecule has 1 saturated heterocycles. The number of hydrogen-bond acceptors (Lipinski definition) is 2. The normalized spacial score (nSPS) is 24.6. The van der Waals surface area contributed by atoms with Gasteiger partial charge in [-0.3, -0.25) is 0 Å². The van der Waals surface area contributed by atoms with Crippen LogP contribution in [-0.4, -0.2) is 36.6 Å². The quantitative estimate of drug-likeness (QED) is 0.906. The van der Waals surface area contributed by atoms with E-state index in [1.54, 1.807) is 11.1 Å². The van der Waals surface area contributed by atoms with E-state index in [0.717, 1.165) is 6.04 Å². The summed E-state index contributed by atoms with van der Waals surface area (Å²) in [5, 5.41) is 3.94. The minimum absolute atomic E-state index is 0.676. The zero-order valence-corrected chi connectivity index (χ0v) is 12.8. The van der Waals surface area contributed by atoms with E-state index in [9.17, 15) is 0 Å². The van der Waals surface area contributed by atoms with Crippen molar-refractivity contribution < 1.29 is 0 Å². The SMILES string of the molecule is CCCN1CCCC(NC2Cc3ccccc3C2)CC1. The van der Waals surface area contributed by atoms with Gasteiger partial charge in [-0.15, -0.1) is 0 Å². The molecule has 2 heteroatoms. The summed E-state index contributed by atoms with van der Waals surface area (Å²) in [7, 11) is 0. The van der Waals surface area contributed by atoms with Crippen LogP contribution in [0, 0.1) is 0 Å². The summed E-state index contributed by atoms with van der Waals surface area (Å²) < 4.78 is 0. The topological polar surface area (TPSA) is 15.3 Å². The number of benzene rings is 1. The highest BCUT2D eigenvalue weighted by Gasteiger charge is 2.24. The van der Waals surface area contributed by atoms with Crippen molar-refractivity contribution in [1.82, 2.24) is 10.2 Å². The standard InChI is InChI=1S/C18H28N2/c1-2-10-20-11-5-8-17(9-12-20)19-18-13-15-6-3-4-7-16(15)14-18/h3-4,6-7,17-19H,2,5,8-14H2,1H3. The maximum Gasteiger partial charge on any atom is 0.0151 e. The van der Waals surface area contributed by atoms with Gasteiger partial charge in [-0.1, -0.05) is 31.2 Å². The van der Waals surface area contributed by atoms with Crippen molar-refractivity contribution >= 4 is 0 Å². The summed E-state index contributed by atoms with van der Waals surface area (Å²) in [6.45, 7) is 6.15. The molecule has 0 spiro atoms. The van der Waals surface area contributed by atoms with Crippen molar-refractivity contribution in [2.75, 3.05) is 19.6 Å². The molecule has 2 aliphatic rings. The van der Waals surface area contributed by atoms with Crippen LogP contribution in [0.5, 0.6) is 0 Å². The molecule has 3 rings (SSSR count). The van der Waals surface area contributed by atoms with Crippen LogP contribution in [0.15, 0.2) is 24.3 Å². The lowest BCUT2D eigenvalue weighted by molar-refractivity contribution is 0.281. The first kappa shape index (κ1) is 14.1. The first-order valence-corrected chi connectivity index (χ1v) is 8.40. The predicted molar refractivity (Wildman–Crippen MR) is 85.1 cm³/mol. The highest BCUT2D eigenvalue weighted by molar-refractivity contribution is 5.33. The van der Waals surface area contributed by atoms with E-state index in [4.69, 9.17) is 0 Å². The van der Waals surface area contributed by atoms with Crippen LogP contribution in [0.25, 0.3) is 0 Å². The molecule has 1 N–H and O–H groups in total. The van der Waals surface area contributed by atoms with Crippen molar-refractivity contribution in [3.8, 4) is 0 Å². The molecule has 1 aromatic rings. The molecule has 1 aliphatic carbocycles. The van der Waals surface area contributed by atoms with Gasteiger partial charge in [0.05, 0.1) is 0 Å². The molecular formula is C18H28N2. The van der Waals surface area contributed by atoms with E-state index in [0.29, 0.717) is 6.04 Å². The van der Waals surface area contributed by atoms with Gasteiger partial charge in [0.15, 0.2) is 0 Å². The molecule has 20 heavy (non-hydrogen) atoms. The second-order valence-electron chi connectivity index (χ2n) is 6.51. The molecule has 0 radical (unpaired) electrons. The van der Waals surface area contributed by atoms with Gasteiger partial charge in [0.25, 0.3) is 0 Å². The Bertz CT molecular complexity index is 404. The van der Waals surface area contributed by atoms with Crippen LogP contribution in [0.2, 0.25) is 0 Å². The molecule has 1 aromatic carbocycles. The molecule has 0 bridgehead atoms. The van der Waals surface area contributed by atoms with Gasteiger partial charge in [0.1, 0.15) is 0 Å². The molecule has 0 amide bonds. The molecule has 1 atom stereocenters. The molecule has 1 fully saturated rings. The maximum atomic E-state index is 3.94. The summed E-state index contributed by atoms with van der Waals surface area (Å²) >= 11 is 0. The molecule has 0 saturated carbocycles. The third-order valence-corrected chi connectivity index (χ3v) is 4.88. The number of likely N-dealkylation sites (tertiary alicyclic amines) is 1. The Labute approximate surface area is 123 Å². The highest BCUT2D eigenvalue weighted by atomic mass is 15.1. The number of fused-ring (bicyclic) bond motifs is 1. The lowest BCUT2D eigenvalue weighted by atomic mass is 10.1. The number of rotatable bonds is 4. The van der Waals surface area contributed by atoms with Crippen LogP contribution in [0.3, 0.4) is 0 Å². The van der Waals surface area contributed by atoms with Gasteiger partial charge < -0.3 is 10.2 Å². The number of hydrogen-bond donors (Lipinski definition) is 1. The zero-order valence-electron chi connectivity index (χ0n) is 12.8. The Morgan fingerprint density at radius 1 is 1.05 bits per heavy atom. The second-order valence-corrected chi connectivity index (χ2v) is 6.51. The molecule has 1 unspecified atom stereocenters. The van der Waals surface area contributed by atoms with Gasteiger partial charge in [-0.05, 0) is 69.3 Å². The van der Waals surface area contributed by atoms with E-state index in [1.165, 1.54) is 58.2 Å². The summed E-state index contributed by atoms with van der Waals surface area (Å²) in [4.78, 5) is 2.64. The third-order valence-electron chi connectivity index (χ3n) is 4.88. The molecule has 0 aromatic heterocycles. The van der Waals surface area contributed by atoms with E-state index in [-0.39, 0.29) is 0 Å². The van der Waals surface area contributed by atoms with Crippen LogP contribution >= 0.6 is 0 Å². The third kappa shape index (κ3) is 3.42. The van der Waals surface area contributed by atoms with Crippen LogP contribution < -0.4 is 5.32 Å². The Balaban J connectivity index is 1.50. The minimum Gasteiger partial charge on any atom is -0.311 e. The van der Waals surface area contributed by atoms with Crippen molar-refractivity contribution in [3.05, 3.63) is 35.4 Å². The monoisotopic (exact) mass is 272 g/mol. The van der Waals surface area contributed by atoms with Crippen LogP contribution in [0.4, 0.5) is 0 Å². The average molecular weight is 272 g/mol. The first-order chi connectivity index (χ1) is 9.85.